The molecule has 0 bridgehead atoms. The van der Waals surface area contributed by atoms with Crippen molar-refractivity contribution in [3.63, 3.8) is 0 Å². The van der Waals surface area contributed by atoms with Gasteiger partial charge in [0.2, 0.25) is 0 Å². The van der Waals surface area contributed by atoms with E-state index in [1.54, 1.807) is 0 Å². The van der Waals surface area contributed by atoms with E-state index in [0.717, 1.165) is 25.5 Å². The number of aliphatic imine (C=N–C) groups is 1. The van der Waals surface area contributed by atoms with Gasteiger partial charge >= 0.3 is 0 Å². The van der Waals surface area contributed by atoms with Crippen LogP contribution in [-0.4, -0.2) is 19.0 Å². The van der Waals surface area contributed by atoms with Gasteiger partial charge in [-0.2, -0.15) is 0 Å². The Bertz CT molecular complexity index is 508. The Morgan fingerprint density at radius 2 is 2.10 bits per heavy atom. The minimum Gasteiger partial charge on any atom is -0.370 e. The van der Waals surface area contributed by atoms with Gasteiger partial charge in [0.1, 0.15) is 11.6 Å². The van der Waals surface area contributed by atoms with Crippen LogP contribution in [0.15, 0.2) is 23.2 Å². The zero-order valence-electron chi connectivity index (χ0n) is 11.9. The van der Waals surface area contributed by atoms with E-state index >= 15 is 0 Å². The number of halogens is 2. The fraction of sp³-hybridized carbons (Fsp3) is 0.533. The molecule has 1 aromatic carbocycles. The summed E-state index contributed by atoms with van der Waals surface area (Å²) in [6.45, 7) is 5.35. The molecule has 0 unspecified atom stereocenters. The van der Waals surface area contributed by atoms with Crippen LogP contribution in [0.5, 0.6) is 0 Å². The third-order valence-corrected chi connectivity index (χ3v) is 3.60. The predicted octanol–water partition coefficient (Wildman–Crippen LogP) is 2.56. The first-order chi connectivity index (χ1) is 9.43. The maximum atomic E-state index is 13.8. The molecular formula is C15H21F2N3. The third-order valence-electron chi connectivity index (χ3n) is 3.60. The maximum absolute atomic E-state index is 13.8. The van der Waals surface area contributed by atoms with Crippen LogP contribution in [0.4, 0.5) is 8.78 Å². The van der Waals surface area contributed by atoms with Crippen LogP contribution in [0.1, 0.15) is 32.3 Å². The summed E-state index contributed by atoms with van der Waals surface area (Å²) in [4.78, 5) is 4.29. The van der Waals surface area contributed by atoms with E-state index < -0.39 is 11.6 Å². The molecule has 5 heteroatoms. The molecule has 1 fully saturated rings. The van der Waals surface area contributed by atoms with Crippen molar-refractivity contribution < 1.29 is 8.78 Å². The van der Waals surface area contributed by atoms with Crippen LogP contribution in [0, 0.1) is 17.6 Å². The number of rotatable bonds is 5. The fourth-order valence-electron chi connectivity index (χ4n) is 2.18. The van der Waals surface area contributed by atoms with E-state index in [4.69, 9.17) is 5.73 Å². The van der Waals surface area contributed by atoms with Crippen molar-refractivity contribution in [1.82, 2.24) is 5.32 Å². The summed E-state index contributed by atoms with van der Waals surface area (Å²) < 4.78 is 26.8. The Morgan fingerprint density at radius 1 is 1.40 bits per heavy atom. The van der Waals surface area contributed by atoms with Crippen molar-refractivity contribution >= 4 is 5.96 Å². The first-order valence-corrected chi connectivity index (χ1v) is 6.92. The normalized spacial score (nSPS) is 17.4. The molecule has 0 radical (unpaired) electrons. The molecule has 3 N–H and O–H groups in total. The summed E-state index contributed by atoms with van der Waals surface area (Å²) >= 11 is 0. The Morgan fingerprint density at radius 3 is 2.65 bits per heavy atom. The Hall–Kier alpha value is -1.65. The molecule has 3 nitrogen and oxygen atoms in total. The van der Waals surface area contributed by atoms with Crippen LogP contribution >= 0.6 is 0 Å². The molecule has 0 amide bonds. The quantitative estimate of drug-likeness (QED) is 0.644. The second kappa shape index (κ2) is 5.77. The lowest BCUT2D eigenvalue weighted by Gasteiger charge is -2.15. The SMILES string of the molecule is CC(C)CNC(N)=NCC1(c2ccc(F)cc2F)CC1. The molecule has 1 saturated carbocycles. The van der Waals surface area contributed by atoms with Crippen molar-refractivity contribution in [3.8, 4) is 0 Å². The molecule has 0 spiro atoms. The molecule has 0 aromatic heterocycles. The zero-order chi connectivity index (χ0) is 14.8. The van der Waals surface area contributed by atoms with Gasteiger partial charge in [-0.3, -0.25) is 4.99 Å². The van der Waals surface area contributed by atoms with Gasteiger partial charge in [0.05, 0.1) is 6.54 Å². The number of hydrogen-bond donors (Lipinski definition) is 2. The van der Waals surface area contributed by atoms with Crippen molar-refractivity contribution in [1.29, 1.82) is 0 Å². The van der Waals surface area contributed by atoms with Gasteiger partial charge in [0.25, 0.3) is 0 Å². The molecule has 0 saturated heterocycles. The predicted molar refractivity (Wildman–Crippen MR) is 76.6 cm³/mol. The Balaban J connectivity index is 2.03. The van der Waals surface area contributed by atoms with Gasteiger partial charge in [-0.1, -0.05) is 19.9 Å². The molecule has 110 valence electrons. The average molecular weight is 281 g/mol. The summed E-state index contributed by atoms with van der Waals surface area (Å²) in [5.41, 5.74) is 6.02. The highest BCUT2D eigenvalue weighted by Gasteiger charge is 2.46. The van der Waals surface area contributed by atoms with E-state index in [2.05, 4.69) is 24.2 Å². The maximum Gasteiger partial charge on any atom is 0.188 e. The lowest BCUT2D eigenvalue weighted by atomic mass is 9.95. The largest absolute Gasteiger partial charge is 0.370 e. The molecule has 1 aromatic rings. The molecular weight excluding hydrogens is 260 g/mol. The first-order valence-electron chi connectivity index (χ1n) is 6.92. The molecule has 0 atom stereocenters. The number of guanidine groups is 1. The van der Waals surface area contributed by atoms with Crippen LogP contribution in [0.2, 0.25) is 0 Å². The second-order valence-corrected chi connectivity index (χ2v) is 5.88. The van der Waals surface area contributed by atoms with E-state index in [0.29, 0.717) is 24.0 Å². The monoisotopic (exact) mass is 281 g/mol. The topological polar surface area (TPSA) is 50.4 Å². The van der Waals surface area contributed by atoms with Gasteiger partial charge in [0, 0.05) is 18.0 Å². The van der Waals surface area contributed by atoms with E-state index in [1.165, 1.54) is 12.1 Å². The standard InChI is InChI=1S/C15H21F2N3/c1-10(2)8-19-14(18)20-9-15(5-6-15)12-4-3-11(16)7-13(12)17/h3-4,7,10H,5-6,8-9H2,1-2H3,(H3,18,19,20). The minimum atomic E-state index is -0.552. The minimum absolute atomic E-state index is 0.304. The zero-order valence-corrected chi connectivity index (χ0v) is 11.9. The highest BCUT2D eigenvalue weighted by Crippen LogP contribution is 2.49. The van der Waals surface area contributed by atoms with Crippen molar-refractivity contribution in [2.24, 2.45) is 16.6 Å². The van der Waals surface area contributed by atoms with E-state index in [1.807, 2.05) is 0 Å². The number of benzene rings is 1. The van der Waals surface area contributed by atoms with Gasteiger partial charge in [-0.25, -0.2) is 8.78 Å². The van der Waals surface area contributed by atoms with Gasteiger partial charge in [0.15, 0.2) is 5.96 Å². The van der Waals surface area contributed by atoms with Gasteiger partial charge < -0.3 is 11.1 Å². The number of nitrogens with zero attached hydrogens (tertiary/aromatic N) is 1. The van der Waals surface area contributed by atoms with E-state index in [-0.39, 0.29) is 5.41 Å². The number of hydrogen-bond acceptors (Lipinski definition) is 1. The third kappa shape index (κ3) is 3.46. The summed E-state index contributed by atoms with van der Waals surface area (Å²) in [7, 11) is 0. The smallest absolute Gasteiger partial charge is 0.188 e. The second-order valence-electron chi connectivity index (χ2n) is 5.88. The lowest BCUT2D eigenvalue weighted by molar-refractivity contribution is 0.548. The number of nitrogens with one attached hydrogen (secondary N) is 1. The lowest BCUT2D eigenvalue weighted by Crippen LogP contribution is -2.35. The highest BCUT2D eigenvalue weighted by atomic mass is 19.1. The summed E-state index contributed by atoms with van der Waals surface area (Å²) in [5, 5.41) is 3.03. The van der Waals surface area contributed by atoms with Gasteiger partial charge in [-0.15, -0.1) is 0 Å². The molecule has 20 heavy (non-hydrogen) atoms. The molecule has 0 aliphatic heterocycles. The van der Waals surface area contributed by atoms with Crippen LogP contribution < -0.4 is 11.1 Å². The van der Waals surface area contributed by atoms with E-state index in [9.17, 15) is 8.78 Å². The van der Waals surface area contributed by atoms with Gasteiger partial charge in [-0.05, 0) is 30.4 Å². The molecule has 1 aliphatic rings. The molecule has 0 heterocycles. The Labute approximate surface area is 118 Å². The van der Waals surface area contributed by atoms with Crippen LogP contribution in [-0.2, 0) is 5.41 Å². The average Bonchev–Trinajstić information content (AvgIpc) is 3.15. The summed E-state index contributed by atoms with van der Waals surface area (Å²) in [6, 6.07) is 3.74. The van der Waals surface area contributed by atoms with Crippen molar-refractivity contribution in [2.45, 2.75) is 32.1 Å². The Kier molecular flexibility index (Phi) is 4.26. The van der Waals surface area contributed by atoms with Crippen molar-refractivity contribution in [2.75, 3.05) is 13.1 Å². The summed E-state index contributed by atoms with van der Waals surface area (Å²) in [6.07, 6.45) is 1.72. The van der Waals surface area contributed by atoms with Crippen LogP contribution in [0.3, 0.4) is 0 Å². The first kappa shape index (κ1) is 14.8. The fourth-order valence-corrected chi connectivity index (χ4v) is 2.18. The van der Waals surface area contributed by atoms with Crippen LogP contribution in [0.25, 0.3) is 0 Å². The highest BCUT2D eigenvalue weighted by molar-refractivity contribution is 5.77. The molecule has 2 rings (SSSR count). The molecule has 1 aliphatic carbocycles. The van der Waals surface area contributed by atoms with Crippen molar-refractivity contribution in [3.05, 3.63) is 35.4 Å². The summed E-state index contributed by atoms with van der Waals surface area (Å²) in [5.74, 6) is -0.184. The number of nitrogens with two attached hydrogens (primary N) is 1.